The zero-order chi connectivity index (χ0) is 69.4. The van der Waals surface area contributed by atoms with Gasteiger partial charge in [-0.2, -0.15) is 0 Å². The molecule has 0 aromatic heterocycles. The molecule has 0 heterocycles. The lowest BCUT2D eigenvalue weighted by atomic mass is 10.0. The Balaban J connectivity index is 5.24. The predicted molar refractivity (Wildman–Crippen MR) is 381 cm³/mol. The van der Waals surface area contributed by atoms with Gasteiger partial charge in [0.15, 0.2) is 12.2 Å². The number of hydrogen-bond acceptors (Lipinski definition) is 15. The van der Waals surface area contributed by atoms with Crippen LogP contribution in [-0.4, -0.2) is 96.7 Å². The lowest BCUT2D eigenvalue weighted by Crippen LogP contribution is -2.30. The van der Waals surface area contributed by atoms with Gasteiger partial charge in [0, 0.05) is 25.7 Å². The summed E-state index contributed by atoms with van der Waals surface area (Å²) in [6, 6.07) is 0. The summed E-state index contributed by atoms with van der Waals surface area (Å²) < 4.78 is 68.5. The van der Waals surface area contributed by atoms with Crippen molar-refractivity contribution in [3.63, 3.8) is 0 Å². The molecule has 0 fully saturated rings. The van der Waals surface area contributed by atoms with Gasteiger partial charge < -0.3 is 33.8 Å². The molecule has 0 rings (SSSR count). The number of carbonyl (C=O) groups excluding carboxylic acids is 4. The van der Waals surface area contributed by atoms with E-state index in [1.807, 2.05) is 0 Å². The fraction of sp³-hybridized carbons (Fsp3) is 0.947. The second kappa shape index (κ2) is 65.7. The number of rotatable bonds is 73. The van der Waals surface area contributed by atoms with Crippen LogP contribution in [0.2, 0.25) is 0 Å². The SMILES string of the molecule is CCCCCCCCCCCC(=O)OC[C@H](COP(=O)(O)OC[C@H](O)COP(=O)(O)OC[C@@H](COC(=O)CCCCCCCCCCCCCCC(C)C)OC(=O)CCCCCCCCCCCCCCC(C)C)OC(=O)CCCCCCCCCCCCCCC(C)C. The zero-order valence-corrected chi connectivity index (χ0v) is 63.2. The smallest absolute Gasteiger partial charge is 0.462 e. The van der Waals surface area contributed by atoms with Gasteiger partial charge in [-0.25, -0.2) is 9.13 Å². The highest BCUT2D eigenvalue weighted by molar-refractivity contribution is 7.47. The van der Waals surface area contributed by atoms with Crippen molar-refractivity contribution in [1.29, 1.82) is 0 Å². The summed E-state index contributed by atoms with van der Waals surface area (Å²) >= 11 is 0. The van der Waals surface area contributed by atoms with Crippen molar-refractivity contribution in [2.24, 2.45) is 17.8 Å². The molecule has 0 amide bonds. The minimum absolute atomic E-state index is 0.107. The van der Waals surface area contributed by atoms with E-state index in [9.17, 15) is 43.2 Å². The molecule has 0 bridgehead atoms. The molecule has 0 aliphatic carbocycles. The van der Waals surface area contributed by atoms with Crippen LogP contribution in [0.4, 0.5) is 0 Å². The molecule has 19 heteroatoms. The van der Waals surface area contributed by atoms with E-state index < -0.39 is 97.5 Å². The van der Waals surface area contributed by atoms with Crippen LogP contribution in [0.25, 0.3) is 0 Å². The second-order valence-corrected chi connectivity index (χ2v) is 31.4. The lowest BCUT2D eigenvalue weighted by molar-refractivity contribution is -0.161. The fourth-order valence-corrected chi connectivity index (χ4v) is 13.0. The number of hydrogen-bond donors (Lipinski definition) is 3. The third-order valence-electron chi connectivity index (χ3n) is 17.4. The van der Waals surface area contributed by atoms with Gasteiger partial charge in [0.1, 0.15) is 19.3 Å². The number of esters is 4. The van der Waals surface area contributed by atoms with Crippen molar-refractivity contribution >= 4 is 39.5 Å². The first-order valence-electron chi connectivity index (χ1n) is 38.8. The topological polar surface area (TPSA) is 237 Å². The van der Waals surface area contributed by atoms with Crippen molar-refractivity contribution < 1.29 is 80.2 Å². The maximum absolute atomic E-state index is 13.1. The minimum Gasteiger partial charge on any atom is -0.462 e. The first-order valence-corrected chi connectivity index (χ1v) is 41.8. The molecule has 3 N–H and O–H groups in total. The summed E-state index contributed by atoms with van der Waals surface area (Å²) in [6.45, 7) is 11.9. The Kier molecular flexibility index (Phi) is 64.3. The largest absolute Gasteiger partial charge is 0.472 e. The molecule has 0 radical (unpaired) electrons. The van der Waals surface area contributed by atoms with E-state index in [2.05, 4.69) is 48.5 Å². The average Bonchev–Trinajstić information content (AvgIpc) is 1.77. The maximum atomic E-state index is 13.1. The molecule has 2 unspecified atom stereocenters. The van der Waals surface area contributed by atoms with Gasteiger partial charge in [-0.1, -0.05) is 331 Å². The molecule has 5 atom stereocenters. The summed E-state index contributed by atoms with van der Waals surface area (Å²) in [6.07, 6.45) is 51.2. The Bertz CT molecular complexity index is 1840. The Hall–Kier alpha value is -1.94. The molecular formula is C75H146O17P2. The van der Waals surface area contributed by atoms with Crippen molar-refractivity contribution in [1.82, 2.24) is 0 Å². The van der Waals surface area contributed by atoms with E-state index in [4.69, 9.17) is 37.0 Å². The maximum Gasteiger partial charge on any atom is 0.472 e. The van der Waals surface area contributed by atoms with E-state index in [0.717, 1.165) is 108 Å². The summed E-state index contributed by atoms with van der Waals surface area (Å²) in [4.78, 5) is 72.7. The number of aliphatic hydroxyl groups excluding tert-OH is 1. The zero-order valence-electron chi connectivity index (χ0n) is 61.4. The number of ether oxygens (including phenoxy) is 4. The molecule has 0 aromatic carbocycles. The average molecular weight is 1380 g/mol. The molecule has 0 aliphatic heterocycles. The van der Waals surface area contributed by atoms with Crippen LogP contribution in [0.15, 0.2) is 0 Å². The van der Waals surface area contributed by atoms with E-state index in [0.29, 0.717) is 25.7 Å². The lowest BCUT2D eigenvalue weighted by Gasteiger charge is -2.21. The van der Waals surface area contributed by atoms with Crippen LogP contribution < -0.4 is 0 Å². The third-order valence-corrected chi connectivity index (χ3v) is 19.3. The fourth-order valence-electron chi connectivity index (χ4n) is 11.4. The summed E-state index contributed by atoms with van der Waals surface area (Å²) in [5, 5.41) is 10.6. The Labute approximate surface area is 575 Å². The van der Waals surface area contributed by atoms with Gasteiger partial charge >= 0.3 is 39.5 Å². The van der Waals surface area contributed by atoms with Crippen LogP contribution in [0.5, 0.6) is 0 Å². The highest BCUT2D eigenvalue weighted by Gasteiger charge is 2.30. The van der Waals surface area contributed by atoms with Crippen molar-refractivity contribution in [2.45, 2.75) is 401 Å². The molecule has 0 saturated heterocycles. The van der Waals surface area contributed by atoms with Gasteiger partial charge in [-0.05, 0) is 43.4 Å². The van der Waals surface area contributed by atoms with Crippen LogP contribution in [0, 0.1) is 17.8 Å². The molecule has 0 spiro atoms. The van der Waals surface area contributed by atoms with E-state index >= 15 is 0 Å². The molecule has 0 aliphatic rings. The summed E-state index contributed by atoms with van der Waals surface area (Å²) in [5.74, 6) is 0.216. The number of aliphatic hydroxyl groups is 1. The number of unbranched alkanes of at least 4 members (excludes halogenated alkanes) is 41. The van der Waals surface area contributed by atoms with Crippen molar-refractivity contribution in [2.75, 3.05) is 39.6 Å². The highest BCUT2D eigenvalue weighted by atomic mass is 31.2. The molecule has 94 heavy (non-hydrogen) atoms. The molecular weight excluding hydrogens is 1230 g/mol. The van der Waals surface area contributed by atoms with E-state index in [1.165, 1.54) is 193 Å². The van der Waals surface area contributed by atoms with Gasteiger partial charge in [0.2, 0.25) is 0 Å². The number of carbonyl (C=O) groups is 4. The van der Waals surface area contributed by atoms with Crippen LogP contribution in [-0.2, 0) is 65.4 Å². The molecule has 0 aromatic rings. The Morgan fingerprint density at radius 3 is 0.723 bits per heavy atom. The highest BCUT2D eigenvalue weighted by Crippen LogP contribution is 2.45. The quantitative estimate of drug-likeness (QED) is 0.0222. The number of phosphoric acid groups is 2. The van der Waals surface area contributed by atoms with Gasteiger partial charge in [0.25, 0.3) is 0 Å². The molecule has 0 saturated carbocycles. The minimum atomic E-state index is -4.96. The monoisotopic (exact) mass is 1380 g/mol. The molecule has 17 nitrogen and oxygen atoms in total. The summed E-state index contributed by atoms with van der Waals surface area (Å²) in [7, 11) is -9.91. The third kappa shape index (κ3) is 68.6. The first-order chi connectivity index (χ1) is 45.2. The van der Waals surface area contributed by atoms with E-state index in [-0.39, 0.29) is 25.7 Å². The number of phosphoric ester groups is 2. The molecule has 558 valence electrons. The summed E-state index contributed by atoms with van der Waals surface area (Å²) in [5.41, 5.74) is 0. The van der Waals surface area contributed by atoms with Gasteiger partial charge in [0.05, 0.1) is 26.4 Å². The Morgan fingerprint density at radius 1 is 0.287 bits per heavy atom. The first kappa shape index (κ1) is 92.1. The van der Waals surface area contributed by atoms with Crippen LogP contribution >= 0.6 is 15.6 Å². The van der Waals surface area contributed by atoms with E-state index in [1.54, 1.807) is 0 Å². The standard InChI is InChI=1S/C75H146O17P2/c1-8-9-10-11-12-25-35-42-49-56-72(77)85-62-70(91-74(79)58-51-44-37-30-23-17-14-20-27-33-40-47-54-67(4)5)64-89-93(81,82)87-60-69(76)61-88-94(83,84)90-65-71(92-75(80)59-52-45-38-31-24-18-15-21-28-34-41-48-55-68(6)7)63-86-73(78)57-50-43-36-29-22-16-13-19-26-32-39-46-53-66(2)3/h66-71,76H,8-65H2,1-7H3,(H,81,82)(H,83,84)/t69-,70+,71+/m0/s1. The normalized spacial score (nSPS) is 14.1. The Morgan fingerprint density at radius 2 is 0.489 bits per heavy atom. The van der Waals surface area contributed by atoms with Crippen molar-refractivity contribution in [3.05, 3.63) is 0 Å². The van der Waals surface area contributed by atoms with Crippen LogP contribution in [0.1, 0.15) is 382 Å². The second-order valence-electron chi connectivity index (χ2n) is 28.5. The van der Waals surface area contributed by atoms with Gasteiger partial charge in [-0.3, -0.25) is 37.3 Å². The van der Waals surface area contributed by atoms with Crippen molar-refractivity contribution in [3.8, 4) is 0 Å². The van der Waals surface area contributed by atoms with Gasteiger partial charge in [-0.15, -0.1) is 0 Å². The predicted octanol–water partition coefficient (Wildman–Crippen LogP) is 21.8. The van der Waals surface area contributed by atoms with Crippen LogP contribution in [0.3, 0.4) is 0 Å².